The molecule has 0 spiro atoms. The van der Waals surface area contributed by atoms with Crippen LogP contribution in [0.15, 0.2) is 76.5 Å². The van der Waals surface area contributed by atoms with Crippen molar-refractivity contribution < 1.29 is 0 Å². The summed E-state index contributed by atoms with van der Waals surface area (Å²) in [6, 6.07) is 17.7. The summed E-state index contributed by atoms with van der Waals surface area (Å²) in [7, 11) is 2.07. The fourth-order valence-electron chi connectivity index (χ4n) is 3.58. The van der Waals surface area contributed by atoms with Crippen LogP contribution >= 0.6 is 11.3 Å². The van der Waals surface area contributed by atoms with E-state index in [2.05, 4.69) is 54.8 Å². The second kappa shape index (κ2) is 8.74. The van der Waals surface area contributed by atoms with E-state index in [4.69, 9.17) is 0 Å². The third kappa shape index (κ3) is 4.29. The maximum atomic E-state index is 12.6. The molecule has 0 aliphatic heterocycles. The van der Waals surface area contributed by atoms with Gasteiger partial charge in [-0.15, -0.1) is 11.3 Å². The molecule has 0 amide bonds. The molecule has 0 radical (unpaired) electrons. The smallest absolute Gasteiger partial charge is 0.263 e. The highest BCUT2D eigenvalue weighted by atomic mass is 32.1. The molecule has 0 aliphatic carbocycles. The van der Waals surface area contributed by atoms with Crippen molar-refractivity contribution in [1.29, 1.82) is 0 Å². The Morgan fingerprint density at radius 1 is 1.12 bits per heavy atom. The lowest BCUT2D eigenvalue weighted by molar-refractivity contribution is 0.316. The molecule has 3 heterocycles. The van der Waals surface area contributed by atoms with Crippen LogP contribution < -0.4 is 10.9 Å². The van der Waals surface area contributed by atoms with Crippen molar-refractivity contribution in [2.75, 3.05) is 12.4 Å². The highest BCUT2D eigenvalue weighted by Gasteiger charge is 2.12. The van der Waals surface area contributed by atoms with Gasteiger partial charge in [-0.1, -0.05) is 30.3 Å². The first-order valence-corrected chi connectivity index (χ1v) is 11.0. The Balaban J connectivity index is 1.38. The van der Waals surface area contributed by atoms with Gasteiger partial charge in [0.25, 0.3) is 5.56 Å². The van der Waals surface area contributed by atoms with Gasteiger partial charge in [0.1, 0.15) is 5.39 Å². The molecule has 0 saturated carbocycles. The van der Waals surface area contributed by atoms with Gasteiger partial charge in [0.2, 0.25) is 5.95 Å². The van der Waals surface area contributed by atoms with Crippen LogP contribution in [-0.4, -0.2) is 36.7 Å². The maximum absolute atomic E-state index is 12.6. The first kappa shape index (κ1) is 20.1. The van der Waals surface area contributed by atoms with Crippen molar-refractivity contribution in [1.82, 2.24) is 29.6 Å². The number of hydrogen-bond acceptors (Lipinski definition) is 7. The number of aromatic nitrogens is 5. The van der Waals surface area contributed by atoms with Gasteiger partial charge in [-0.25, -0.2) is 9.67 Å². The van der Waals surface area contributed by atoms with Gasteiger partial charge in [-0.3, -0.25) is 14.7 Å². The standard InChI is InChI=1S/C23H21N7OS/c1-29(13-18-14-32-15-24-18)12-16-6-5-7-17(10-16)26-23-27-21-20(22(31)28-23)11-25-30(21)19-8-3-2-4-9-19/h2-11,14-15H,12-13H2,1H3,(H2,26,27,28,31). The van der Waals surface area contributed by atoms with E-state index < -0.39 is 0 Å². The zero-order valence-electron chi connectivity index (χ0n) is 17.4. The third-order valence-electron chi connectivity index (χ3n) is 5.00. The molecule has 2 N–H and O–H groups in total. The van der Waals surface area contributed by atoms with Crippen molar-refractivity contribution in [3.63, 3.8) is 0 Å². The van der Waals surface area contributed by atoms with Crippen LogP contribution in [0.3, 0.4) is 0 Å². The number of H-pyrrole nitrogens is 1. The van der Waals surface area contributed by atoms with E-state index in [1.165, 1.54) is 6.20 Å². The number of nitrogens with zero attached hydrogens (tertiary/aromatic N) is 5. The normalized spacial score (nSPS) is 11.3. The van der Waals surface area contributed by atoms with E-state index in [0.717, 1.165) is 35.7 Å². The van der Waals surface area contributed by atoms with Crippen molar-refractivity contribution in [2.45, 2.75) is 13.1 Å². The van der Waals surface area contributed by atoms with Gasteiger partial charge in [-0.2, -0.15) is 10.1 Å². The average molecular weight is 444 g/mol. The zero-order chi connectivity index (χ0) is 21.9. The van der Waals surface area contributed by atoms with Gasteiger partial charge in [-0.05, 0) is 36.9 Å². The largest absolute Gasteiger partial charge is 0.326 e. The van der Waals surface area contributed by atoms with Gasteiger partial charge < -0.3 is 5.32 Å². The molecule has 0 atom stereocenters. The predicted octanol–water partition coefficient (Wildman–Crippen LogP) is 3.94. The molecule has 3 aromatic heterocycles. The number of fused-ring (bicyclic) bond motifs is 1. The van der Waals surface area contributed by atoms with E-state index in [0.29, 0.717) is 17.0 Å². The molecule has 5 aromatic rings. The lowest BCUT2D eigenvalue weighted by atomic mass is 10.2. The minimum Gasteiger partial charge on any atom is -0.326 e. The molecule has 0 aliphatic rings. The highest BCUT2D eigenvalue weighted by Crippen LogP contribution is 2.19. The summed E-state index contributed by atoms with van der Waals surface area (Å²) in [5.41, 5.74) is 6.01. The second-order valence-corrected chi connectivity index (χ2v) is 8.24. The summed E-state index contributed by atoms with van der Waals surface area (Å²) in [6.45, 7) is 1.56. The van der Waals surface area contributed by atoms with Crippen LogP contribution in [0.4, 0.5) is 11.6 Å². The Kier molecular flexibility index (Phi) is 5.49. The van der Waals surface area contributed by atoms with E-state index in [-0.39, 0.29) is 5.56 Å². The van der Waals surface area contributed by atoms with Crippen molar-refractivity contribution >= 4 is 34.0 Å². The van der Waals surface area contributed by atoms with E-state index >= 15 is 0 Å². The minimum atomic E-state index is -0.237. The van der Waals surface area contributed by atoms with Crippen LogP contribution in [0.1, 0.15) is 11.3 Å². The number of aromatic amines is 1. The molecule has 160 valence electrons. The van der Waals surface area contributed by atoms with E-state index in [1.807, 2.05) is 48.0 Å². The molecule has 0 bridgehead atoms. The first-order chi connectivity index (χ1) is 15.7. The quantitative estimate of drug-likeness (QED) is 0.396. The number of anilines is 2. The van der Waals surface area contributed by atoms with Gasteiger partial charge in [0, 0.05) is 24.2 Å². The summed E-state index contributed by atoms with van der Waals surface area (Å²) < 4.78 is 1.67. The van der Waals surface area contributed by atoms with Gasteiger partial charge in [0.15, 0.2) is 5.65 Å². The second-order valence-electron chi connectivity index (χ2n) is 7.52. The SMILES string of the molecule is CN(Cc1cccc(Nc2nc3c(cnn3-c3ccccc3)c(=O)[nH]2)c1)Cc1cscn1. The molecule has 5 rings (SSSR count). The Hall–Kier alpha value is -3.82. The molecule has 0 saturated heterocycles. The molecular weight excluding hydrogens is 422 g/mol. The molecule has 9 heteroatoms. The molecular formula is C23H21N7OS. The van der Waals surface area contributed by atoms with Crippen LogP contribution in [-0.2, 0) is 13.1 Å². The highest BCUT2D eigenvalue weighted by molar-refractivity contribution is 7.07. The van der Waals surface area contributed by atoms with Gasteiger partial charge >= 0.3 is 0 Å². The van der Waals surface area contributed by atoms with Crippen LogP contribution in [0.5, 0.6) is 0 Å². The van der Waals surface area contributed by atoms with Crippen molar-refractivity contribution in [3.8, 4) is 5.69 Å². The fraction of sp³-hybridized carbons (Fsp3) is 0.130. The Bertz CT molecular complexity index is 1390. The van der Waals surface area contributed by atoms with E-state index in [1.54, 1.807) is 16.0 Å². The number of benzene rings is 2. The summed E-state index contributed by atoms with van der Waals surface area (Å²) in [6.07, 6.45) is 1.54. The zero-order valence-corrected chi connectivity index (χ0v) is 18.2. The first-order valence-electron chi connectivity index (χ1n) is 10.1. The lowest BCUT2D eigenvalue weighted by Crippen LogP contribution is -2.17. The number of thiazole rings is 1. The van der Waals surface area contributed by atoms with Gasteiger partial charge in [0.05, 0.1) is 23.1 Å². The molecule has 0 unspecified atom stereocenters. The number of nitrogens with one attached hydrogen (secondary N) is 2. The molecule has 0 fully saturated rings. The van der Waals surface area contributed by atoms with E-state index in [9.17, 15) is 4.79 Å². The third-order valence-corrected chi connectivity index (χ3v) is 5.63. The Morgan fingerprint density at radius 2 is 2.00 bits per heavy atom. The summed E-state index contributed by atoms with van der Waals surface area (Å²) in [4.78, 5) is 26.6. The van der Waals surface area contributed by atoms with Crippen molar-refractivity contribution in [3.05, 3.63) is 93.3 Å². The van der Waals surface area contributed by atoms with Crippen LogP contribution in [0.25, 0.3) is 16.7 Å². The Labute approximate surface area is 188 Å². The summed E-state index contributed by atoms with van der Waals surface area (Å²) >= 11 is 1.60. The summed E-state index contributed by atoms with van der Waals surface area (Å²) in [5.74, 6) is 0.369. The monoisotopic (exact) mass is 443 g/mol. The summed E-state index contributed by atoms with van der Waals surface area (Å²) in [5, 5.41) is 10.1. The predicted molar refractivity (Wildman–Crippen MR) is 126 cm³/mol. The minimum absolute atomic E-state index is 0.237. The molecule has 8 nitrogen and oxygen atoms in total. The Morgan fingerprint density at radius 3 is 2.81 bits per heavy atom. The number of para-hydroxylation sites is 1. The molecule has 2 aromatic carbocycles. The number of rotatable bonds is 7. The molecule has 32 heavy (non-hydrogen) atoms. The van der Waals surface area contributed by atoms with Crippen molar-refractivity contribution in [2.24, 2.45) is 0 Å². The maximum Gasteiger partial charge on any atom is 0.263 e. The number of hydrogen-bond donors (Lipinski definition) is 2. The lowest BCUT2D eigenvalue weighted by Gasteiger charge is -2.16. The average Bonchev–Trinajstić information content (AvgIpc) is 3.45. The topological polar surface area (TPSA) is 91.7 Å². The van der Waals surface area contributed by atoms with Crippen LogP contribution in [0, 0.1) is 0 Å². The van der Waals surface area contributed by atoms with Crippen LogP contribution in [0.2, 0.25) is 0 Å². The fourth-order valence-corrected chi connectivity index (χ4v) is 4.13.